The maximum absolute atomic E-state index is 14.4. The number of ketones is 1. The van der Waals surface area contributed by atoms with E-state index in [-0.39, 0.29) is 11.5 Å². The molecule has 0 radical (unpaired) electrons. The minimum Gasteiger partial charge on any atom is -0.508 e. The van der Waals surface area contributed by atoms with Gasteiger partial charge in [0.05, 0.1) is 0 Å². The van der Waals surface area contributed by atoms with Gasteiger partial charge in [-0.1, -0.05) is 85.8 Å². The fraction of sp³-hybridized carbons (Fsp3) is 0.171. The van der Waals surface area contributed by atoms with Gasteiger partial charge in [0, 0.05) is 5.56 Å². The van der Waals surface area contributed by atoms with E-state index in [1.54, 1.807) is 12.1 Å². The summed E-state index contributed by atoms with van der Waals surface area (Å²) in [6, 6.07) is 36.0. The summed E-state index contributed by atoms with van der Waals surface area (Å²) in [5.74, 6) is 0.692. The van der Waals surface area contributed by atoms with Gasteiger partial charge in [-0.15, -0.1) is 0 Å². The van der Waals surface area contributed by atoms with Crippen LogP contribution in [-0.2, 0) is 5.41 Å². The van der Waals surface area contributed by atoms with Gasteiger partial charge >= 0.3 is 7.72 Å². The molecular formula is C35H32O4P+. The highest BCUT2D eigenvalue weighted by atomic mass is 31.2. The van der Waals surface area contributed by atoms with Crippen molar-refractivity contribution >= 4 is 29.6 Å². The van der Waals surface area contributed by atoms with E-state index in [4.69, 9.17) is 4.52 Å². The summed E-state index contributed by atoms with van der Waals surface area (Å²) in [4.78, 5) is 26.5. The number of carbonyl (C=O) groups is 1. The fourth-order valence-electron chi connectivity index (χ4n) is 5.91. The van der Waals surface area contributed by atoms with Crippen LogP contribution in [0.25, 0.3) is 10.8 Å². The quantitative estimate of drug-likeness (QED) is 0.204. The van der Waals surface area contributed by atoms with Crippen LogP contribution in [0.3, 0.4) is 0 Å². The number of hydrogen-bond acceptors (Lipinski definition) is 4. The summed E-state index contributed by atoms with van der Waals surface area (Å²) in [6.45, 7) is 6.14. The maximum Gasteiger partial charge on any atom is 0.354 e. The molecule has 1 aliphatic carbocycles. The monoisotopic (exact) mass is 547 g/mol. The molecule has 0 aliphatic heterocycles. The molecule has 6 rings (SSSR count). The number of hydrogen-bond donors (Lipinski definition) is 2. The minimum atomic E-state index is -3.06. The molecule has 2 atom stereocenters. The van der Waals surface area contributed by atoms with Crippen molar-refractivity contribution in [2.45, 2.75) is 37.8 Å². The van der Waals surface area contributed by atoms with Crippen LogP contribution >= 0.6 is 7.72 Å². The Labute approximate surface area is 235 Å². The second-order valence-corrected chi connectivity index (χ2v) is 14.1. The Morgan fingerprint density at radius 1 is 0.775 bits per heavy atom. The van der Waals surface area contributed by atoms with E-state index in [2.05, 4.69) is 6.92 Å². The van der Waals surface area contributed by atoms with Crippen molar-refractivity contribution in [3.63, 3.8) is 0 Å². The molecule has 5 heteroatoms. The molecule has 200 valence electrons. The van der Waals surface area contributed by atoms with Crippen molar-refractivity contribution in [1.82, 2.24) is 0 Å². The summed E-state index contributed by atoms with van der Waals surface area (Å²) in [5.41, 5.74) is 2.12. The highest BCUT2D eigenvalue weighted by molar-refractivity contribution is 7.75. The Balaban J connectivity index is 1.50. The van der Waals surface area contributed by atoms with Crippen molar-refractivity contribution in [1.29, 1.82) is 0 Å². The molecule has 0 amide bonds. The van der Waals surface area contributed by atoms with Gasteiger partial charge in [0.25, 0.3) is 0 Å². The first kappa shape index (κ1) is 26.3. The average molecular weight is 548 g/mol. The lowest BCUT2D eigenvalue weighted by molar-refractivity contribution is 0.0944. The van der Waals surface area contributed by atoms with Crippen LogP contribution in [0.1, 0.15) is 54.2 Å². The molecule has 1 aliphatic rings. The molecule has 40 heavy (non-hydrogen) atoms. The predicted octanol–water partition coefficient (Wildman–Crippen LogP) is 7.81. The molecule has 2 N–H and O–H groups in total. The van der Waals surface area contributed by atoms with Crippen LogP contribution in [0.5, 0.6) is 11.5 Å². The Morgan fingerprint density at radius 3 is 2.00 bits per heavy atom. The van der Waals surface area contributed by atoms with Gasteiger partial charge in [-0.3, -0.25) is 4.79 Å². The number of carbonyl (C=O) groups excluding carboxylic acids is 1. The van der Waals surface area contributed by atoms with E-state index in [1.165, 1.54) is 0 Å². The van der Waals surface area contributed by atoms with Crippen LogP contribution in [0.15, 0.2) is 115 Å². The third kappa shape index (κ3) is 3.78. The van der Waals surface area contributed by atoms with Crippen molar-refractivity contribution in [2.75, 3.05) is 0 Å². The second-order valence-electron chi connectivity index (χ2n) is 11.0. The van der Waals surface area contributed by atoms with Gasteiger partial charge in [-0.2, -0.15) is 0 Å². The van der Waals surface area contributed by atoms with Crippen molar-refractivity contribution < 1.29 is 19.3 Å². The minimum absolute atomic E-state index is 0.000866. The zero-order valence-corrected chi connectivity index (χ0v) is 23.7. The predicted molar refractivity (Wildman–Crippen MR) is 163 cm³/mol. The third-order valence-electron chi connectivity index (χ3n) is 8.51. The molecule has 2 unspecified atom stereocenters. The van der Waals surface area contributed by atoms with E-state index >= 15 is 0 Å². The topological polar surface area (TPSA) is 66.8 Å². The number of phenolic OH excluding ortho intramolecular Hbond substituents is 1. The average Bonchev–Trinajstić information content (AvgIpc) is 3.24. The Morgan fingerprint density at radius 2 is 1.38 bits per heavy atom. The summed E-state index contributed by atoms with van der Waals surface area (Å²) in [7, 11) is -3.06. The van der Waals surface area contributed by atoms with Crippen molar-refractivity contribution in [3.8, 4) is 11.5 Å². The lowest BCUT2D eigenvalue weighted by atomic mass is 9.69. The van der Waals surface area contributed by atoms with Crippen LogP contribution in [-0.4, -0.2) is 20.9 Å². The molecule has 0 saturated heterocycles. The molecule has 0 fully saturated rings. The molecule has 0 saturated carbocycles. The molecule has 5 aromatic carbocycles. The standard InChI is InChI=1S/C35H31O4P/c1-4-34(2,3)40(38,29-12-6-5-7-13-29)39-28-22-18-26(19-23-28)35(25-16-20-27(36)21-17-25)31-15-9-11-24-10-8-14-30(32(24)31)33(35)37/h5-23,38H,4H2,1-3H3/p+1. The van der Waals surface area contributed by atoms with Crippen LogP contribution < -0.4 is 9.83 Å². The normalized spacial score (nSPS) is 18.1. The first-order valence-corrected chi connectivity index (χ1v) is 15.2. The highest BCUT2D eigenvalue weighted by Gasteiger charge is 2.57. The van der Waals surface area contributed by atoms with Crippen molar-refractivity contribution in [2.24, 2.45) is 0 Å². The smallest absolute Gasteiger partial charge is 0.354 e. The Hall–Kier alpha value is -3.98. The SMILES string of the molecule is CCC(C)(C)[P+](O)(Oc1ccc(C2(c3ccc(O)cc3)C(=O)c3cccc4cccc2c34)cc1)c1ccccc1. The molecule has 4 nitrogen and oxygen atoms in total. The number of benzene rings is 5. The zero-order valence-electron chi connectivity index (χ0n) is 22.8. The van der Waals surface area contributed by atoms with Crippen LogP contribution in [0, 0.1) is 0 Å². The van der Waals surface area contributed by atoms with E-state index in [0.29, 0.717) is 11.3 Å². The summed E-state index contributed by atoms with van der Waals surface area (Å²) in [5, 5.41) is 12.3. The number of phenols is 1. The van der Waals surface area contributed by atoms with Gasteiger partial charge in [0.15, 0.2) is 16.8 Å². The van der Waals surface area contributed by atoms with Gasteiger partial charge in [-0.25, -0.2) is 4.89 Å². The highest BCUT2D eigenvalue weighted by Crippen LogP contribution is 2.66. The molecular weight excluding hydrogens is 515 g/mol. The van der Waals surface area contributed by atoms with Gasteiger partial charge in [0.2, 0.25) is 0 Å². The molecule has 0 bridgehead atoms. The molecule has 0 spiro atoms. The zero-order chi connectivity index (χ0) is 28.1. The van der Waals surface area contributed by atoms with Gasteiger partial charge in [0.1, 0.15) is 16.3 Å². The second kappa shape index (κ2) is 9.59. The fourth-order valence-corrected chi connectivity index (χ4v) is 8.39. The Kier molecular flexibility index (Phi) is 6.29. The summed E-state index contributed by atoms with van der Waals surface area (Å²) in [6.07, 6.45) is 0.741. The molecule has 5 aromatic rings. The van der Waals surface area contributed by atoms with Crippen LogP contribution in [0.2, 0.25) is 0 Å². The summed E-state index contributed by atoms with van der Waals surface area (Å²) < 4.78 is 6.51. The van der Waals surface area contributed by atoms with E-state index < -0.39 is 18.3 Å². The van der Waals surface area contributed by atoms with E-state index in [1.807, 2.05) is 117 Å². The molecule has 0 aromatic heterocycles. The number of aromatic hydroxyl groups is 1. The lowest BCUT2D eigenvalue weighted by Crippen LogP contribution is -2.35. The largest absolute Gasteiger partial charge is 0.508 e. The Bertz CT molecular complexity index is 1710. The van der Waals surface area contributed by atoms with Crippen molar-refractivity contribution in [3.05, 3.63) is 138 Å². The molecule has 0 heterocycles. The first-order chi connectivity index (χ1) is 19.2. The van der Waals surface area contributed by atoms with E-state index in [0.717, 1.165) is 39.2 Å². The third-order valence-corrected chi connectivity index (χ3v) is 11.9. The van der Waals surface area contributed by atoms with Crippen LogP contribution in [0.4, 0.5) is 0 Å². The van der Waals surface area contributed by atoms with Gasteiger partial charge in [-0.05, 0) is 84.1 Å². The number of Topliss-reactive ketones (excluding diaryl/α,β-unsaturated/α-hetero) is 1. The first-order valence-electron chi connectivity index (χ1n) is 13.6. The van der Waals surface area contributed by atoms with Gasteiger partial charge < -0.3 is 9.63 Å². The maximum atomic E-state index is 14.4. The van der Waals surface area contributed by atoms with E-state index in [9.17, 15) is 14.8 Å². The summed E-state index contributed by atoms with van der Waals surface area (Å²) >= 11 is 0. The lowest BCUT2D eigenvalue weighted by Gasteiger charge is -2.33. The number of rotatable bonds is 7.